The van der Waals surface area contributed by atoms with Gasteiger partial charge < -0.3 is 0 Å². The van der Waals surface area contributed by atoms with Gasteiger partial charge in [-0.3, -0.25) is 9.10 Å². The number of hydrogen-bond acceptors (Lipinski definition) is 2. The first-order chi connectivity index (χ1) is 4.89. The molecule has 0 rings (SSSR count). The molecule has 0 aliphatic rings. The first-order valence-electron chi connectivity index (χ1n) is 3.07. The maximum absolute atomic E-state index is 10.6. The van der Waals surface area contributed by atoms with Gasteiger partial charge in [0.25, 0.3) is 0 Å². The fourth-order valence-electron chi connectivity index (χ4n) is 0.431. The second-order valence-electron chi connectivity index (χ2n) is 2.74. The molecule has 0 N–H and O–H groups in total. The van der Waals surface area contributed by atoms with Gasteiger partial charge in [-0.15, -0.1) is 11.6 Å². The Kier molecular flexibility index (Phi) is 4.59. The van der Waals surface area contributed by atoms with E-state index in [-0.39, 0.29) is 4.75 Å². The second-order valence-corrected chi connectivity index (χ2v) is 5.16. The van der Waals surface area contributed by atoms with Crippen molar-refractivity contribution in [3.63, 3.8) is 0 Å². The largest absolute Gasteiger partial charge is 0.326 e. The van der Waals surface area contributed by atoms with E-state index in [1.54, 1.807) is 7.05 Å². The van der Waals surface area contributed by atoms with E-state index in [9.17, 15) is 4.79 Å². The van der Waals surface area contributed by atoms with Crippen LogP contribution in [0.3, 0.4) is 0 Å². The molecule has 0 bridgehead atoms. The van der Waals surface area contributed by atoms with E-state index in [0.29, 0.717) is 5.88 Å². The molecule has 0 saturated carbocycles. The van der Waals surface area contributed by atoms with Crippen molar-refractivity contribution in [3.8, 4) is 0 Å². The Morgan fingerprint density at radius 2 is 2.09 bits per heavy atom. The van der Waals surface area contributed by atoms with Crippen molar-refractivity contribution in [2.75, 3.05) is 12.9 Å². The highest BCUT2D eigenvalue weighted by Gasteiger charge is 2.21. The van der Waals surface area contributed by atoms with E-state index in [0.717, 1.165) is 0 Å². The maximum Gasteiger partial charge on any atom is 0.326 e. The molecule has 0 fully saturated rings. The number of amides is 1. The van der Waals surface area contributed by atoms with Gasteiger partial charge in [-0.2, -0.15) is 0 Å². The molecular formula is C6H11Cl2NOS. The topological polar surface area (TPSA) is 20.3 Å². The zero-order chi connectivity index (χ0) is 9.07. The Labute approximate surface area is 81.4 Å². The highest BCUT2D eigenvalue weighted by Crippen LogP contribution is 2.28. The zero-order valence-electron chi connectivity index (χ0n) is 6.73. The number of rotatable bonds is 3. The first-order valence-corrected chi connectivity index (χ1v) is 4.76. The number of carbonyl (C=O) groups excluding carboxylic acids is 1. The lowest BCUT2D eigenvalue weighted by atomic mass is 10.2. The monoisotopic (exact) mass is 215 g/mol. The molecule has 66 valence electrons. The highest BCUT2D eigenvalue weighted by atomic mass is 35.5. The van der Waals surface area contributed by atoms with Crippen molar-refractivity contribution in [1.29, 1.82) is 0 Å². The smallest absolute Gasteiger partial charge is 0.275 e. The van der Waals surface area contributed by atoms with Crippen LogP contribution >= 0.6 is 35.1 Å². The molecule has 0 atom stereocenters. The van der Waals surface area contributed by atoms with E-state index >= 15 is 0 Å². The van der Waals surface area contributed by atoms with Crippen LogP contribution in [-0.2, 0) is 0 Å². The van der Waals surface area contributed by atoms with Crippen molar-refractivity contribution in [2.24, 2.45) is 0 Å². The summed E-state index contributed by atoms with van der Waals surface area (Å²) in [6, 6.07) is 0. The lowest BCUT2D eigenvalue weighted by Crippen LogP contribution is -2.25. The van der Waals surface area contributed by atoms with Gasteiger partial charge in [0.2, 0.25) is 0 Å². The van der Waals surface area contributed by atoms with Gasteiger partial charge in [0.15, 0.2) is 0 Å². The summed E-state index contributed by atoms with van der Waals surface area (Å²) in [6.45, 7) is 3.89. The minimum Gasteiger partial charge on any atom is -0.275 e. The quantitative estimate of drug-likeness (QED) is 0.313. The number of carbonyl (C=O) groups is 1. The SMILES string of the molecule is CN(SC(C)(C)CCl)C(=O)Cl. The summed E-state index contributed by atoms with van der Waals surface area (Å²) in [5.74, 6) is 0.478. The van der Waals surface area contributed by atoms with Gasteiger partial charge in [-0.05, 0) is 37.4 Å². The molecule has 0 spiro atoms. The summed E-state index contributed by atoms with van der Waals surface area (Å²) >= 11 is 12.2. The van der Waals surface area contributed by atoms with Crippen LogP contribution in [0.4, 0.5) is 4.79 Å². The number of nitrogens with zero attached hydrogens (tertiary/aromatic N) is 1. The zero-order valence-corrected chi connectivity index (χ0v) is 9.06. The van der Waals surface area contributed by atoms with Crippen LogP contribution in [0.2, 0.25) is 0 Å². The molecule has 0 saturated heterocycles. The van der Waals surface area contributed by atoms with Crippen molar-refractivity contribution < 1.29 is 4.79 Å². The van der Waals surface area contributed by atoms with Crippen LogP contribution in [0, 0.1) is 0 Å². The molecule has 0 aliphatic carbocycles. The van der Waals surface area contributed by atoms with Gasteiger partial charge in [-0.25, -0.2) is 0 Å². The van der Waals surface area contributed by atoms with Crippen LogP contribution in [0.15, 0.2) is 0 Å². The normalized spacial score (nSPS) is 11.4. The van der Waals surface area contributed by atoms with Crippen molar-refractivity contribution in [3.05, 3.63) is 0 Å². The summed E-state index contributed by atoms with van der Waals surface area (Å²) in [4.78, 5) is 10.6. The second kappa shape index (κ2) is 4.43. The number of hydrogen-bond donors (Lipinski definition) is 0. The summed E-state index contributed by atoms with van der Waals surface area (Å²) in [5.41, 5.74) is 0. The van der Waals surface area contributed by atoms with Crippen LogP contribution in [0.25, 0.3) is 0 Å². The predicted molar refractivity (Wildman–Crippen MR) is 51.4 cm³/mol. The predicted octanol–water partition coefficient (Wildman–Crippen LogP) is 2.94. The summed E-state index contributed by atoms with van der Waals surface area (Å²) < 4.78 is 1.21. The Morgan fingerprint density at radius 1 is 1.64 bits per heavy atom. The summed E-state index contributed by atoms with van der Waals surface area (Å²) in [7, 11) is 1.62. The maximum atomic E-state index is 10.6. The number of halogens is 2. The van der Waals surface area contributed by atoms with Gasteiger partial charge >= 0.3 is 5.37 Å². The fraction of sp³-hybridized carbons (Fsp3) is 0.833. The van der Waals surface area contributed by atoms with Crippen molar-refractivity contribution in [1.82, 2.24) is 4.31 Å². The molecule has 0 heterocycles. The molecule has 11 heavy (non-hydrogen) atoms. The molecule has 0 aromatic carbocycles. The summed E-state index contributed by atoms with van der Waals surface area (Å²) in [6.07, 6.45) is 0. The van der Waals surface area contributed by atoms with E-state index in [2.05, 4.69) is 0 Å². The van der Waals surface area contributed by atoms with E-state index in [1.165, 1.54) is 16.3 Å². The van der Waals surface area contributed by atoms with E-state index < -0.39 is 5.37 Å². The lowest BCUT2D eigenvalue weighted by Gasteiger charge is -2.25. The standard InChI is InChI=1S/C6H11Cl2NOS/c1-6(2,4-7)11-9(3)5(8)10/h4H2,1-3H3. The molecule has 5 heteroatoms. The Hall–Kier alpha value is 0.400. The Morgan fingerprint density at radius 3 is 2.36 bits per heavy atom. The van der Waals surface area contributed by atoms with Gasteiger partial charge in [0.05, 0.1) is 0 Å². The van der Waals surface area contributed by atoms with E-state index in [1.807, 2.05) is 13.8 Å². The molecule has 0 unspecified atom stereocenters. The molecule has 0 radical (unpaired) electrons. The molecule has 0 aromatic rings. The molecule has 0 aromatic heterocycles. The van der Waals surface area contributed by atoms with Gasteiger partial charge in [-0.1, -0.05) is 0 Å². The average molecular weight is 216 g/mol. The minimum atomic E-state index is -0.479. The third-order valence-electron chi connectivity index (χ3n) is 0.953. The highest BCUT2D eigenvalue weighted by molar-refractivity contribution is 7.99. The van der Waals surface area contributed by atoms with Crippen LogP contribution < -0.4 is 0 Å². The molecule has 1 amide bonds. The average Bonchev–Trinajstić information content (AvgIpc) is 1.87. The molecule has 0 aliphatic heterocycles. The molecule has 2 nitrogen and oxygen atoms in total. The Bertz CT molecular complexity index is 152. The summed E-state index contributed by atoms with van der Waals surface area (Å²) in [5, 5.41) is -0.479. The number of alkyl halides is 1. The van der Waals surface area contributed by atoms with E-state index in [4.69, 9.17) is 23.2 Å². The van der Waals surface area contributed by atoms with Gasteiger partial charge in [0.1, 0.15) is 0 Å². The van der Waals surface area contributed by atoms with Crippen LogP contribution in [0.5, 0.6) is 0 Å². The first kappa shape index (κ1) is 11.4. The lowest BCUT2D eigenvalue weighted by molar-refractivity contribution is 0.251. The third kappa shape index (κ3) is 4.77. The van der Waals surface area contributed by atoms with Crippen molar-refractivity contribution >= 4 is 40.5 Å². The van der Waals surface area contributed by atoms with Crippen LogP contribution in [0.1, 0.15) is 13.8 Å². The van der Waals surface area contributed by atoms with Crippen molar-refractivity contribution in [2.45, 2.75) is 18.6 Å². The Balaban J connectivity index is 3.93. The third-order valence-corrected chi connectivity index (χ3v) is 3.21. The molecular weight excluding hydrogens is 205 g/mol. The minimum absolute atomic E-state index is 0.152. The van der Waals surface area contributed by atoms with Crippen LogP contribution in [-0.4, -0.2) is 27.3 Å². The fourth-order valence-corrected chi connectivity index (χ4v) is 1.54. The van der Waals surface area contributed by atoms with Gasteiger partial charge in [0, 0.05) is 17.7 Å².